The molecule has 2 rings (SSSR count). The molecule has 1 aromatic heterocycles. The normalized spacial score (nSPS) is 15.3. The van der Waals surface area contributed by atoms with Crippen molar-refractivity contribution in [3.63, 3.8) is 0 Å². The number of amides is 1. The first-order valence-corrected chi connectivity index (χ1v) is 6.15. The van der Waals surface area contributed by atoms with Gasteiger partial charge in [0.2, 0.25) is 5.91 Å². The van der Waals surface area contributed by atoms with Crippen LogP contribution in [0.25, 0.3) is 0 Å². The van der Waals surface area contributed by atoms with Crippen LogP contribution in [0.3, 0.4) is 0 Å². The topological polar surface area (TPSA) is 32.3 Å². The van der Waals surface area contributed by atoms with E-state index >= 15 is 0 Å². The van der Waals surface area contributed by atoms with Crippen molar-refractivity contribution in [3.8, 4) is 0 Å². The quantitative estimate of drug-likeness (QED) is 0.821. The minimum Gasteiger partial charge on any atom is -0.333 e. The lowest BCUT2D eigenvalue weighted by Crippen LogP contribution is -2.38. The van der Waals surface area contributed by atoms with Crippen LogP contribution in [0, 0.1) is 0 Å². The number of carbonyl (C=O) groups is 1. The molecule has 1 N–H and O–H groups in total. The zero-order valence-corrected chi connectivity index (χ0v) is 9.72. The van der Waals surface area contributed by atoms with Crippen molar-refractivity contribution < 1.29 is 4.79 Å². The molecule has 1 aromatic rings. The van der Waals surface area contributed by atoms with Crippen LogP contribution in [0.4, 0.5) is 0 Å². The molecule has 82 valence electrons. The van der Waals surface area contributed by atoms with Crippen molar-refractivity contribution in [1.82, 2.24) is 10.2 Å². The molecular formula is C11H16N2OS. The summed E-state index contributed by atoms with van der Waals surface area (Å²) in [5.41, 5.74) is 0. The van der Waals surface area contributed by atoms with E-state index in [4.69, 9.17) is 0 Å². The Kier molecular flexibility index (Phi) is 3.38. The Morgan fingerprint density at radius 3 is 3.00 bits per heavy atom. The molecule has 0 saturated heterocycles. The molecule has 0 atom stereocenters. The highest BCUT2D eigenvalue weighted by Gasteiger charge is 2.32. The van der Waals surface area contributed by atoms with Gasteiger partial charge in [-0.05, 0) is 31.3 Å². The summed E-state index contributed by atoms with van der Waals surface area (Å²) in [6.07, 6.45) is 2.33. The second-order valence-electron chi connectivity index (χ2n) is 3.86. The van der Waals surface area contributed by atoms with E-state index in [0.29, 0.717) is 12.6 Å². The monoisotopic (exact) mass is 224 g/mol. The molecule has 0 bridgehead atoms. The van der Waals surface area contributed by atoms with Crippen LogP contribution in [-0.2, 0) is 11.3 Å². The molecule has 0 radical (unpaired) electrons. The standard InChI is InChI=1S/C11H16N2OS/c1-12-7-11(14)13(9-4-5-9)8-10-3-2-6-15-10/h2-3,6,9,12H,4-5,7-8H2,1H3. The first kappa shape index (κ1) is 10.6. The van der Waals surface area contributed by atoms with Crippen molar-refractivity contribution in [3.05, 3.63) is 22.4 Å². The van der Waals surface area contributed by atoms with E-state index in [1.54, 1.807) is 11.3 Å². The Labute approximate surface area is 94.1 Å². The smallest absolute Gasteiger partial charge is 0.237 e. The predicted octanol–water partition coefficient (Wildman–Crippen LogP) is 1.46. The average Bonchev–Trinajstić information content (AvgIpc) is 2.93. The van der Waals surface area contributed by atoms with Gasteiger partial charge in [0, 0.05) is 10.9 Å². The fourth-order valence-electron chi connectivity index (χ4n) is 1.63. The van der Waals surface area contributed by atoms with E-state index < -0.39 is 0 Å². The van der Waals surface area contributed by atoms with Gasteiger partial charge < -0.3 is 10.2 Å². The number of rotatable bonds is 5. The predicted molar refractivity (Wildman–Crippen MR) is 61.8 cm³/mol. The van der Waals surface area contributed by atoms with Crippen LogP contribution >= 0.6 is 11.3 Å². The second kappa shape index (κ2) is 4.77. The Hall–Kier alpha value is -0.870. The molecule has 1 saturated carbocycles. The molecule has 4 heteroatoms. The van der Waals surface area contributed by atoms with Crippen LogP contribution in [0.1, 0.15) is 17.7 Å². The number of nitrogens with one attached hydrogen (secondary N) is 1. The van der Waals surface area contributed by atoms with Crippen LogP contribution in [0.15, 0.2) is 17.5 Å². The van der Waals surface area contributed by atoms with Gasteiger partial charge in [0.05, 0.1) is 13.1 Å². The van der Waals surface area contributed by atoms with Gasteiger partial charge in [-0.25, -0.2) is 0 Å². The number of likely N-dealkylation sites (N-methyl/N-ethyl adjacent to an activating group) is 1. The summed E-state index contributed by atoms with van der Waals surface area (Å²) in [7, 11) is 1.81. The summed E-state index contributed by atoms with van der Waals surface area (Å²) in [4.78, 5) is 15.1. The number of hydrogen-bond donors (Lipinski definition) is 1. The van der Waals surface area contributed by atoms with Gasteiger partial charge in [-0.3, -0.25) is 4.79 Å². The maximum atomic E-state index is 11.8. The molecule has 0 aromatic carbocycles. The summed E-state index contributed by atoms with van der Waals surface area (Å²) in [5, 5.41) is 4.98. The molecule has 15 heavy (non-hydrogen) atoms. The molecule has 1 amide bonds. The molecule has 3 nitrogen and oxygen atoms in total. The lowest BCUT2D eigenvalue weighted by molar-refractivity contribution is -0.131. The zero-order chi connectivity index (χ0) is 10.7. The Bertz CT molecular complexity index is 319. The van der Waals surface area contributed by atoms with E-state index in [0.717, 1.165) is 6.54 Å². The summed E-state index contributed by atoms with van der Waals surface area (Å²) in [6, 6.07) is 4.62. The molecule has 1 aliphatic carbocycles. The van der Waals surface area contributed by atoms with Crippen molar-refractivity contribution in [2.75, 3.05) is 13.6 Å². The van der Waals surface area contributed by atoms with Crippen molar-refractivity contribution >= 4 is 17.2 Å². The number of nitrogens with zero attached hydrogens (tertiary/aromatic N) is 1. The van der Waals surface area contributed by atoms with Gasteiger partial charge in [-0.15, -0.1) is 11.3 Å². The first-order chi connectivity index (χ1) is 7.31. The fraction of sp³-hybridized carbons (Fsp3) is 0.545. The van der Waals surface area contributed by atoms with Crippen LogP contribution in [0.5, 0.6) is 0 Å². The van der Waals surface area contributed by atoms with Gasteiger partial charge >= 0.3 is 0 Å². The number of carbonyl (C=O) groups excluding carboxylic acids is 1. The number of hydrogen-bond acceptors (Lipinski definition) is 3. The van der Waals surface area contributed by atoms with E-state index in [2.05, 4.69) is 16.8 Å². The Morgan fingerprint density at radius 1 is 1.67 bits per heavy atom. The summed E-state index contributed by atoms with van der Waals surface area (Å²) >= 11 is 1.72. The molecule has 1 fully saturated rings. The highest BCUT2D eigenvalue weighted by molar-refractivity contribution is 7.09. The molecule has 0 unspecified atom stereocenters. The van der Waals surface area contributed by atoms with Gasteiger partial charge in [0.25, 0.3) is 0 Å². The van der Waals surface area contributed by atoms with Crippen molar-refractivity contribution in [2.24, 2.45) is 0 Å². The third kappa shape index (κ3) is 2.79. The molecule has 0 spiro atoms. The van der Waals surface area contributed by atoms with Gasteiger partial charge in [-0.2, -0.15) is 0 Å². The lowest BCUT2D eigenvalue weighted by atomic mass is 10.3. The van der Waals surface area contributed by atoms with Crippen LogP contribution in [0.2, 0.25) is 0 Å². The van der Waals surface area contributed by atoms with Crippen molar-refractivity contribution in [2.45, 2.75) is 25.4 Å². The molecule has 1 aliphatic rings. The maximum absolute atomic E-state index is 11.8. The zero-order valence-electron chi connectivity index (χ0n) is 8.90. The van der Waals surface area contributed by atoms with Gasteiger partial charge in [0.15, 0.2) is 0 Å². The fourth-order valence-corrected chi connectivity index (χ4v) is 2.33. The second-order valence-corrected chi connectivity index (χ2v) is 4.89. The van der Waals surface area contributed by atoms with E-state index in [1.165, 1.54) is 17.7 Å². The third-order valence-corrected chi connectivity index (χ3v) is 3.40. The minimum absolute atomic E-state index is 0.216. The summed E-state index contributed by atoms with van der Waals surface area (Å²) in [5.74, 6) is 0.216. The largest absolute Gasteiger partial charge is 0.333 e. The number of thiophene rings is 1. The van der Waals surface area contributed by atoms with E-state index in [9.17, 15) is 4.79 Å². The van der Waals surface area contributed by atoms with Gasteiger partial charge in [-0.1, -0.05) is 6.07 Å². The highest BCUT2D eigenvalue weighted by Crippen LogP contribution is 2.29. The highest BCUT2D eigenvalue weighted by atomic mass is 32.1. The summed E-state index contributed by atoms with van der Waals surface area (Å²) in [6.45, 7) is 1.23. The van der Waals surface area contributed by atoms with E-state index in [1.807, 2.05) is 18.0 Å². The molecule has 1 heterocycles. The molecule has 0 aliphatic heterocycles. The Morgan fingerprint density at radius 2 is 2.47 bits per heavy atom. The van der Waals surface area contributed by atoms with Crippen molar-refractivity contribution in [1.29, 1.82) is 0 Å². The maximum Gasteiger partial charge on any atom is 0.237 e. The van der Waals surface area contributed by atoms with Crippen LogP contribution in [-0.4, -0.2) is 30.4 Å². The Balaban J connectivity index is 1.97. The third-order valence-electron chi connectivity index (χ3n) is 2.54. The first-order valence-electron chi connectivity index (χ1n) is 5.27. The SMILES string of the molecule is CNCC(=O)N(Cc1cccs1)C1CC1. The molecular weight excluding hydrogens is 208 g/mol. The van der Waals surface area contributed by atoms with Gasteiger partial charge in [0.1, 0.15) is 0 Å². The minimum atomic E-state index is 0.216. The van der Waals surface area contributed by atoms with Crippen LogP contribution < -0.4 is 5.32 Å². The lowest BCUT2D eigenvalue weighted by Gasteiger charge is -2.21. The van der Waals surface area contributed by atoms with E-state index in [-0.39, 0.29) is 5.91 Å². The summed E-state index contributed by atoms with van der Waals surface area (Å²) < 4.78 is 0. The average molecular weight is 224 g/mol.